The van der Waals surface area contributed by atoms with E-state index in [1.807, 2.05) is 0 Å². The number of esters is 1. The van der Waals surface area contributed by atoms with Crippen molar-refractivity contribution in [1.82, 2.24) is 4.98 Å². The largest absolute Gasteiger partial charge is 0.476 e. The number of carbonyl (C=O) groups is 2. The Labute approximate surface area is 117 Å². The topological polar surface area (TPSA) is 76.5 Å². The van der Waals surface area contributed by atoms with Crippen LogP contribution in [0.4, 0.5) is 4.39 Å². The Hall–Kier alpha value is -2.28. The summed E-state index contributed by atoms with van der Waals surface area (Å²) < 4.78 is 17.7. The fraction of sp³-hybridized carbons (Fsp3) is 0.154. The minimum absolute atomic E-state index is 0.0384. The highest BCUT2D eigenvalue weighted by Crippen LogP contribution is 2.31. The number of carboxylic acids is 1. The predicted molar refractivity (Wildman–Crippen MR) is 70.4 cm³/mol. The molecular formula is C13H10FNO4S. The van der Waals surface area contributed by atoms with Crippen LogP contribution in [0.15, 0.2) is 24.3 Å². The zero-order chi connectivity index (χ0) is 14.7. The molecule has 0 fully saturated rings. The van der Waals surface area contributed by atoms with E-state index >= 15 is 0 Å². The summed E-state index contributed by atoms with van der Waals surface area (Å²) in [6.45, 7) is 1.82. The molecule has 0 spiro atoms. The standard InChI is InChI=1S/C13H10FNO4S/c1-2-19-13(18)11-15-9(12(16)17)10(20-11)7-3-5-8(14)6-4-7/h3-6H,2H2,1H3,(H,16,17). The van der Waals surface area contributed by atoms with Crippen LogP contribution in [0.5, 0.6) is 0 Å². The number of nitrogens with zero attached hydrogens (tertiary/aromatic N) is 1. The van der Waals surface area contributed by atoms with Crippen LogP contribution in [-0.4, -0.2) is 28.6 Å². The number of carboxylic acid groups (broad SMARTS) is 1. The van der Waals surface area contributed by atoms with Crippen molar-refractivity contribution in [2.24, 2.45) is 0 Å². The third-order valence-corrected chi connectivity index (χ3v) is 3.47. The second-order valence-electron chi connectivity index (χ2n) is 3.73. The predicted octanol–water partition coefficient (Wildman–Crippen LogP) is 2.82. The van der Waals surface area contributed by atoms with Crippen molar-refractivity contribution in [3.05, 3.63) is 40.8 Å². The summed E-state index contributed by atoms with van der Waals surface area (Å²) in [6, 6.07) is 5.30. The van der Waals surface area contributed by atoms with Crippen molar-refractivity contribution in [2.45, 2.75) is 6.92 Å². The zero-order valence-corrected chi connectivity index (χ0v) is 11.2. The number of aromatic carboxylic acids is 1. The number of carbonyl (C=O) groups excluding carboxylic acids is 1. The minimum atomic E-state index is -1.25. The first-order valence-electron chi connectivity index (χ1n) is 5.70. The quantitative estimate of drug-likeness (QED) is 0.878. The number of hydrogen-bond acceptors (Lipinski definition) is 5. The lowest BCUT2D eigenvalue weighted by Gasteiger charge is -1.98. The molecule has 0 unspecified atom stereocenters. The first kappa shape index (κ1) is 14.1. The summed E-state index contributed by atoms with van der Waals surface area (Å²) in [6.07, 6.45) is 0. The molecule has 0 saturated carbocycles. The molecule has 0 aliphatic carbocycles. The number of ether oxygens (including phenoxy) is 1. The monoisotopic (exact) mass is 295 g/mol. The van der Waals surface area contributed by atoms with Gasteiger partial charge in [-0.3, -0.25) is 0 Å². The smallest absolute Gasteiger partial charge is 0.367 e. The number of thiazole rings is 1. The van der Waals surface area contributed by atoms with Gasteiger partial charge in [-0.15, -0.1) is 11.3 Å². The Morgan fingerprint density at radius 3 is 2.55 bits per heavy atom. The van der Waals surface area contributed by atoms with Crippen LogP contribution in [0.25, 0.3) is 10.4 Å². The van der Waals surface area contributed by atoms with Crippen LogP contribution in [0.1, 0.15) is 27.2 Å². The van der Waals surface area contributed by atoms with E-state index in [4.69, 9.17) is 9.84 Å². The number of halogens is 1. The summed E-state index contributed by atoms with van der Waals surface area (Å²) in [4.78, 5) is 26.8. The van der Waals surface area contributed by atoms with Gasteiger partial charge in [0.1, 0.15) is 5.82 Å². The van der Waals surface area contributed by atoms with Gasteiger partial charge < -0.3 is 9.84 Å². The molecule has 1 heterocycles. The van der Waals surface area contributed by atoms with Crippen LogP contribution in [-0.2, 0) is 4.74 Å². The Kier molecular flexibility index (Phi) is 4.09. The van der Waals surface area contributed by atoms with E-state index in [1.54, 1.807) is 6.92 Å². The van der Waals surface area contributed by atoms with Gasteiger partial charge in [-0.05, 0) is 24.6 Å². The molecule has 0 aliphatic rings. The lowest BCUT2D eigenvalue weighted by Crippen LogP contribution is -2.05. The molecule has 1 aromatic heterocycles. The Morgan fingerprint density at radius 1 is 1.35 bits per heavy atom. The Morgan fingerprint density at radius 2 is 2.00 bits per heavy atom. The molecule has 1 N–H and O–H groups in total. The number of hydrogen-bond donors (Lipinski definition) is 1. The third kappa shape index (κ3) is 2.83. The highest BCUT2D eigenvalue weighted by Gasteiger charge is 2.22. The highest BCUT2D eigenvalue weighted by atomic mass is 32.1. The van der Waals surface area contributed by atoms with Gasteiger partial charge in [-0.25, -0.2) is 19.0 Å². The lowest BCUT2D eigenvalue weighted by atomic mass is 10.1. The van der Waals surface area contributed by atoms with E-state index in [0.29, 0.717) is 10.4 Å². The van der Waals surface area contributed by atoms with E-state index in [9.17, 15) is 14.0 Å². The van der Waals surface area contributed by atoms with E-state index in [0.717, 1.165) is 11.3 Å². The van der Waals surface area contributed by atoms with Gasteiger partial charge in [-0.1, -0.05) is 12.1 Å². The molecule has 5 nitrogen and oxygen atoms in total. The van der Waals surface area contributed by atoms with Crippen molar-refractivity contribution >= 4 is 23.3 Å². The van der Waals surface area contributed by atoms with Gasteiger partial charge in [0.2, 0.25) is 5.01 Å². The Bertz CT molecular complexity index is 651. The van der Waals surface area contributed by atoms with Crippen molar-refractivity contribution in [1.29, 1.82) is 0 Å². The van der Waals surface area contributed by atoms with E-state index in [2.05, 4.69) is 4.98 Å². The first-order valence-corrected chi connectivity index (χ1v) is 6.51. The average molecular weight is 295 g/mol. The summed E-state index contributed by atoms with van der Waals surface area (Å²) in [7, 11) is 0. The van der Waals surface area contributed by atoms with E-state index < -0.39 is 17.8 Å². The normalized spacial score (nSPS) is 10.3. The van der Waals surface area contributed by atoms with Crippen LogP contribution >= 0.6 is 11.3 Å². The van der Waals surface area contributed by atoms with E-state index in [-0.39, 0.29) is 17.3 Å². The van der Waals surface area contributed by atoms with Gasteiger partial charge in [0.25, 0.3) is 0 Å². The van der Waals surface area contributed by atoms with Crippen LogP contribution < -0.4 is 0 Å². The second-order valence-corrected chi connectivity index (χ2v) is 4.73. The van der Waals surface area contributed by atoms with Crippen LogP contribution in [0, 0.1) is 5.82 Å². The fourth-order valence-corrected chi connectivity index (χ4v) is 2.50. The zero-order valence-electron chi connectivity index (χ0n) is 10.4. The van der Waals surface area contributed by atoms with Crippen molar-refractivity contribution in [3.63, 3.8) is 0 Å². The number of rotatable bonds is 4. The molecule has 0 radical (unpaired) electrons. The molecule has 0 bridgehead atoms. The third-order valence-electron chi connectivity index (χ3n) is 2.39. The summed E-state index contributed by atoms with van der Waals surface area (Å²) in [5, 5.41) is 9.09. The summed E-state index contributed by atoms with van der Waals surface area (Å²) in [5.41, 5.74) is 0.238. The van der Waals surface area contributed by atoms with Crippen molar-refractivity contribution in [3.8, 4) is 10.4 Å². The molecular weight excluding hydrogens is 285 g/mol. The van der Waals surface area contributed by atoms with Crippen molar-refractivity contribution < 1.29 is 23.8 Å². The van der Waals surface area contributed by atoms with E-state index in [1.165, 1.54) is 24.3 Å². The maximum absolute atomic E-state index is 12.9. The molecule has 2 rings (SSSR count). The molecule has 20 heavy (non-hydrogen) atoms. The first-order chi connectivity index (χ1) is 9.52. The molecule has 1 aromatic carbocycles. The average Bonchev–Trinajstić information content (AvgIpc) is 2.85. The second kappa shape index (κ2) is 5.79. The van der Waals surface area contributed by atoms with Gasteiger partial charge in [-0.2, -0.15) is 0 Å². The molecule has 0 saturated heterocycles. The minimum Gasteiger partial charge on any atom is -0.476 e. The molecule has 0 atom stereocenters. The molecule has 0 amide bonds. The van der Waals surface area contributed by atoms with Gasteiger partial charge >= 0.3 is 11.9 Å². The maximum Gasteiger partial charge on any atom is 0.367 e. The Balaban J connectivity index is 2.48. The molecule has 2 aromatic rings. The highest BCUT2D eigenvalue weighted by molar-refractivity contribution is 7.17. The van der Waals surface area contributed by atoms with Crippen LogP contribution in [0.3, 0.4) is 0 Å². The SMILES string of the molecule is CCOC(=O)c1nc(C(=O)O)c(-c2ccc(F)cc2)s1. The number of aromatic nitrogens is 1. The molecule has 7 heteroatoms. The van der Waals surface area contributed by atoms with Crippen molar-refractivity contribution in [2.75, 3.05) is 6.61 Å². The summed E-state index contributed by atoms with van der Waals surface area (Å²) >= 11 is 0.906. The lowest BCUT2D eigenvalue weighted by molar-refractivity contribution is 0.0526. The van der Waals surface area contributed by atoms with Gasteiger partial charge in [0.05, 0.1) is 11.5 Å². The fourth-order valence-electron chi connectivity index (χ4n) is 1.54. The van der Waals surface area contributed by atoms with Crippen LogP contribution in [0.2, 0.25) is 0 Å². The number of benzene rings is 1. The van der Waals surface area contributed by atoms with Gasteiger partial charge in [0.15, 0.2) is 5.69 Å². The molecule has 104 valence electrons. The molecule has 0 aliphatic heterocycles. The summed E-state index contributed by atoms with van der Waals surface area (Å²) in [5.74, 6) is -2.36. The maximum atomic E-state index is 12.9. The van der Waals surface area contributed by atoms with Gasteiger partial charge in [0, 0.05) is 0 Å².